The number of hydrogen-bond donors (Lipinski definition) is 1. The summed E-state index contributed by atoms with van der Waals surface area (Å²) in [5.74, 6) is 0.757. The smallest absolute Gasteiger partial charge is 0.251 e. The highest BCUT2D eigenvalue weighted by Gasteiger charge is 2.25. The Morgan fingerprint density at radius 1 is 1.27 bits per heavy atom. The van der Waals surface area contributed by atoms with Crippen molar-refractivity contribution in [2.45, 2.75) is 45.1 Å². The van der Waals surface area contributed by atoms with Crippen LogP contribution < -0.4 is 5.73 Å². The second kappa shape index (κ2) is 6.38. The molecule has 90 valence electrons. The Bertz CT molecular complexity index is 168. The second-order valence-electron chi connectivity index (χ2n) is 4.59. The van der Waals surface area contributed by atoms with Gasteiger partial charge in [-0.2, -0.15) is 0 Å². The molecule has 0 aliphatic heterocycles. The Hall–Kier alpha value is -0.220. The second-order valence-corrected chi connectivity index (χ2v) is 4.59. The average Bonchev–Trinajstić information content (AvgIpc) is 2.17. The van der Waals surface area contributed by atoms with E-state index < -0.39 is 6.43 Å². The Balaban J connectivity index is 2.40. The number of nitrogens with zero attached hydrogens (tertiary/aromatic N) is 1. The molecule has 0 aromatic rings. The van der Waals surface area contributed by atoms with Gasteiger partial charge in [-0.15, -0.1) is 0 Å². The van der Waals surface area contributed by atoms with E-state index in [0.29, 0.717) is 19.1 Å². The summed E-state index contributed by atoms with van der Waals surface area (Å²) < 4.78 is 24.7. The first-order valence-corrected chi connectivity index (χ1v) is 5.85. The van der Waals surface area contributed by atoms with Crippen LogP contribution in [0.15, 0.2) is 0 Å². The van der Waals surface area contributed by atoms with E-state index in [1.54, 1.807) is 0 Å². The molecule has 2 nitrogen and oxygen atoms in total. The number of rotatable bonds is 5. The molecule has 0 aromatic carbocycles. The molecule has 0 radical (unpaired) electrons. The van der Waals surface area contributed by atoms with Gasteiger partial charge in [0.2, 0.25) is 0 Å². The number of alkyl halides is 2. The van der Waals surface area contributed by atoms with Crippen LogP contribution in [0.4, 0.5) is 8.78 Å². The van der Waals surface area contributed by atoms with E-state index in [0.717, 1.165) is 31.6 Å². The van der Waals surface area contributed by atoms with Crippen molar-refractivity contribution in [3.8, 4) is 0 Å². The van der Waals surface area contributed by atoms with Gasteiger partial charge in [0, 0.05) is 19.1 Å². The Labute approximate surface area is 90.8 Å². The van der Waals surface area contributed by atoms with Crippen LogP contribution in [0.2, 0.25) is 0 Å². The van der Waals surface area contributed by atoms with Gasteiger partial charge in [0.1, 0.15) is 0 Å². The molecule has 1 aliphatic rings. The fourth-order valence-electron chi connectivity index (χ4n) is 2.37. The van der Waals surface area contributed by atoms with Gasteiger partial charge >= 0.3 is 0 Å². The quantitative estimate of drug-likeness (QED) is 0.768. The van der Waals surface area contributed by atoms with E-state index in [4.69, 9.17) is 5.73 Å². The zero-order chi connectivity index (χ0) is 11.3. The first kappa shape index (κ1) is 12.8. The Morgan fingerprint density at radius 2 is 1.87 bits per heavy atom. The van der Waals surface area contributed by atoms with Crippen LogP contribution in [-0.4, -0.2) is 37.0 Å². The summed E-state index contributed by atoms with van der Waals surface area (Å²) in [5, 5.41) is 0. The van der Waals surface area contributed by atoms with Crippen LogP contribution in [0.5, 0.6) is 0 Å². The first-order valence-electron chi connectivity index (χ1n) is 5.85. The molecule has 1 fully saturated rings. The third-order valence-corrected chi connectivity index (χ3v) is 3.29. The summed E-state index contributed by atoms with van der Waals surface area (Å²) >= 11 is 0. The maximum atomic E-state index is 12.4. The predicted octanol–water partition coefficient (Wildman–Crippen LogP) is 2.09. The van der Waals surface area contributed by atoms with Crippen molar-refractivity contribution < 1.29 is 8.78 Å². The van der Waals surface area contributed by atoms with Crippen molar-refractivity contribution in [2.24, 2.45) is 11.7 Å². The van der Waals surface area contributed by atoms with E-state index >= 15 is 0 Å². The summed E-state index contributed by atoms with van der Waals surface area (Å²) in [6.07, 6.45) is 2.18. The molecule has 0 spiro atoms. The summed E-state index contributed by atoms with van der Waals surface area (Å²) in [6, 6.07) is 0.332. The molecule has 0 amide bonds. The average molecular weight is 220 g/mol. The van der Waals surface area contributed by atoms with Gasteiger partial charge in [0.15, 0.2) is 0 Å². The van der Waals surface area contributed by atoms with Gasteiger partial charge in [-0.3, -0.25) is 4.90 Å². The lowest BCUT2D eigenvalue weighted by molar-refractivity contribution is 0.0519. The fraction of sp³-hybridized carbons (Fsp3) is 1.00. The van der Waals surface area contributed by atoms with Crippen LogP contribution in [0.1, 0.15) is 32.6 Å². The van der Waals surface area contributed by atoms with Crippen LogP contribution in [0, 0.1) is 5.92 Å². The normalized spacial score (nSPS) is 27.6. The summed E-state index contributed by atoms with van der Waals surface area (Å²) in [4.78, 5) is 1.87. The predicted molar refractivity (Wildman–Crippen MR) is 58.1 cm³/mol. The van der Waals surface area contributed by atoms with Crippen molar-refractivity contribution >= 4 is 0 Å². The van der Waals surface area contributed by atoms with Crippen LogP contribution in [0.25, 0.3) is 0 Å². The lowest BCUT2D eigenvalue weighted by Gasteiger charge is -2.35. The van der Waals surface area contributed by atoms with Gasteiger partial charge in [-0.1, -0.05) is 6.92 Å². The molecular weight excluding hydrogens is 198 g/mol. The molecule has 0 saturated heterocycles. The molecule has 2 N–H and O–H groups in total. The van der Waals surface area contributed by atoms with Crippen molar-refractivity contribution in [1.29, 1.82) is 0 Å². The van der Waals surface area contributed by atoms with Crippen molar-refractivity contribution in [3.63, 3.8) is 0 Å². The minimum absolute atomic E-state index is 0.115. The van der Waals surface area contributed by atoms with E-state index in [1.165, 1.54) is 0 Å². The SMILES string of the molecule is CC1CCC(N(CCN)CC(F)F)CC1. The molecule has 0 heterocycles. The van der Waals surface area contributed by atoms with Gasteiger partial charge in [-0.05, 0) is 31.6 Å². The number of hydrogen-bond acceptors (Lipinski definition) is 2. The fourth-order valence-corrected chi connectivity index (χ4v) is 2.37. The van der Waals surface area contributed by atoms with Crippen molar-refractivity contribution in [3.05, 3.63) is 0 Å². The van der Waals surface area contributed by atoms with Gasteiger partial charge in [0.25, 0.3) is 6.43 Å². The van der Waals surface area contributed by atoms with Gasteiger partial charge < -0.3 is 5.73 Å². The lowest BCUT2D eigenvalue weighted by atomic mass is 9.86. The van der Waals surface area contributed by atoms with Crippen molar-refractivity contribution in [2.75, 3.05) is 19.6 Å². The van der Waals surface area contributed by atoms with Crippen LogP contribution in [0.3, 0.4) is 0 Å². The van der Waals surface area contributed by atoms with Crippen molar-refractivity contribution in [1.82, 2.24) is 4.90 Å². The van der Waals surface area contributed by atoms with E-state index in [1.807, 2.05) is 4.90 Å². The molecule has 0 atom stereocenters. The highest BCUT2D eigenvalue weighted by atomic mass is 19.3. The highest BCUT2D eigenvalue weighted by Crippen LogP contribution is 2.27. The molecule has 0 bridgehead atoms. The minimum atomic E-state index is -2.24. The molecule has 1 aliphatic carbocycles. The first-order chi connectivity index (χ1) is 7.13. The summed E-state index contributed by atoms with van der Waals surface area (Å²) in [7, 11) is 0. The number of halogens is 2. The summed E-state index contributed by atoms with van der Waals surface area (Å²) in [6.45, 7) is 3.19. The Kier molecular flexibility index (Phi) is 5.47. The standard InChI is InChI=1S/C11H22F2N2/c1-9-2-4-10(5-3-9)15(7-6-14)8-11(12)13/h9-11H,2-8,14H2,1H3. The maximum absolute atomic E-state index is 12.4. The molecule has 0 aromatic heterocycles. The summed E-state index contributed by atoms with van der Waals surface area (Å²) in [5.41, 5.74) is 5.45. The largest absolute Gasteiger partial charge is 0.329 e. The van der Waals surface area contributed by atoms with E-state index in [-0.39, 0.29) is 6.54 Å². The van der Waals surface area contributed by atoms with Gasteiger partial charge in [-0.25, -0.2) is 8.78 Å². The maximum Gasteiger partial charge on any atom is 0.251 e. The number of nitrogens with two attached hydrogens (primary N) is 1. The molecule has 0 unspecified atom stereocenters. The van der Waals surface area contributed by atoms with E-state index in [9.17, 15) is 8.78 Å². The molecule has 15 heavy (non-hydrogen) atoms. The monoisotopic (exact) mass is 220 g/mol. The molecule has 1 rings (SSSR count). The van der Waals surface area contributed by atoms with Crippen LogP contribution >= 0.6 is 0 Å². The topological polar surface area (TPSA) is 29.3 Å². The zero-order valence-electron chi connectivity index (χ0n) is 9.46. The van der Waals surface area contributed by atoms with E-state index in [2.05, 4.69) is 6.92 Å². The minimum Gasteiger partial charge on any atom is -0.329 e. The molecule has 1 saturated carbocycles. The zero-order valence-corrected chi connectivity index (χ0v) is 9.46. The Morgan fingerprint density at radius 3 is 2.33 bits per heavy atom. The molecular formula is C11H22F2N2. The highest BCUT2D eigenvalue weighted by molar-refractivity contribution is 4.78. The molecule has 4 heteroatoms. The third kappa shape index (κ3) is 4.43. The van der Waals surface area contributed by atoms with Gasteiger partial charge in [0.05, 0.1) is 6.54 Å². The van der Waals surface area contributed by atoms with Crippen LogP contribution in [-0.2, 0) is 0 Å². The lowest BCUT2D eigenvalue weighted by Crippen LogP contribution is -2.43. The third-order valence-electron chi connectivity index (χ3n) is 3.29.